The molecule has 1 aromatic heterocycles. The third kappa shape index (κ3) is 4.28. The van der Waals surface area contributed by atoms with Crippen LogP contribution in [0.4, 0.5) is 0 Å². The summed E-state index contributed by atoms with van der Waals surface area (Å²) in [6.45, 7) is 3.38. The van der Waals surface area contributed by atoms with E-state index in [1.807, 2.05) is 42.6 Å². The summed E-state index contributed by atoms with van der Waals surface area (Å²) < 4.78 is 5.78. The third-order valence-electron chi connectivity index (χ3n) is 3.53. The van der Waals surface area contributed by atoms with Crippen molar-refractivity contribution >= 4 is 22.1 Å². The lowest BCUT2D eigenvalue weighted by molar-refractivity contribution is 0.107. The minimum absolute atomic E-state index is 0.261. The number of ether oxygens (including phenoxy) is 1. The van der Waals surface area contributed by atoms with E-state index < -0.39 is 6.10 Å². The molecule has 0 aliphatic carbocycles. The molecule has 1 heterocycles. The average Bonchev–Trinajstić information content (AvgIpc) is 2.98. The van der Waals surface area contributed by atoms with Gasteiger partial charge in [-0.1, -0.05) is 36.4 Å². The summed E-state index contributed by atoms with van der Waals surface area (Å²) >= 11 is 1.63. The molecule has 3 aromatic rings. The number of aliphatic hydroxyl groups excluding tert-OH is 1. The van der Waals surface area contributed by atoms with E-state index in [-0.39, 0.29) is 6.61 Å². The highest BCUT2D eigenvalue weighted by Gasteiger charge is 2.07. The Hall–Kier alpha value is -1.95. The molecule has 1 unspecified atom stereocenters. The van der Waals surface area contributed by atoms with E-state index in [0.29, 0.717) is 13.1 Å². The zero-order valence-corrected chi connectivity index (χ0v) is 13.8. The SMILES string of the molecule is Cc1nc(CNCC(O)COc2cccc3ccccc23)cs1. The van der Waals surface area contributed by atoms with Crippen LogP contribution in [0.15, 0.2) is 47.8 Å². The van der Waals surface area contributed by atoms with Crippen molar-refractivity contribution in [2.45, 2.75) is 19.6 Å². The zero-order valence-electron chi connectivity index (χ0n) is 13.0. The summed E-state index contributed by atoms with van der Waals surface area (Å²) in [5.74, 6) is 0.803. The number of hydrogen-bond donors (Lipinski definition) is 2. The van der Waals surface area contributed by atoms with Gasteiger partial charge in [-0.15, -0.1) is 11.3 Å². The molecule has 0 aliphatic rings. The monoisotopic (exact) mass is 328 g/mol. The second-order valence-corrected chi connectivity index (χ2v) is 6.49. The Labute approximate surface area is 139 Å². The molecule has 0 spiro atoms. The van der Waals surface area contributed by atoms with Crippen molar-refractivity contribution < 1.29 is 9.84 Å². The summed E-state index contributed by atoms with van der Waals surface area (Å²) in [4.78, 5) is 4.38. The van der Waals surface area contributed by atoms with Crippen molar-refractivity contribution in [2.24, 2.45) is 0 Å². The fourth-order valence-electron chi connectivity index (χ4n) is 2.42. The Kier molecular flexibility index (Phi) is 5.23. The molecule has 2 aromatic carbocycles. The molecule has 3 rings (SSSR count). The molecule has 0 saturated carbocycles. The number of rotatable bonds is 7. The second-order valence-electron chi connectivity index (χ2n) is 5.43. The van der Waals surface area contributed by atoms with E-state index >= 15 is 0 Å². The number of fused-ring (bicyclic) bond motifs is 1. The fraction of sp³-hybridized carbons (Fsp3) is 0.278. The standard InChI is InChI=1S/C18H20N2O2S/c1-13-20-15(12-23-13)9-19-10-16(21)11-22-18-8-4-6-14-5-2-3-7-17(14)18/h2-8,12,16,19,21H,9-11H2,1H3. The number of hydrogen-bond acceptors (Lipinski definition) is 5. The van der Waals surface area contributed by atoms with Crippen LogP contribution < -0.4 is 10.1 Å². The molecule has 0 aliphatic heterocycles. The van der Waals surface area contributed by atoms with E-state index in [1.165, 1.54) is 0 Å². The van der Waals surface area contributed by atoms with E-state index in [0.717, 1.165) is 27.2 Å². The molecule has 0 bridgehead atoms. The molecule has 0 amide bonds. The van der Waals surface area contributed by atoms with Gasteiger partial charge >= 0.3 is 0 Å². The Balaban J connectivity index is 1.49. The van der Waals surface area contributed by atoms with Crippen molar-refractivity contribution in [3.05, 3.63) is 58.5 Å². The van der Waals surface area contributed by atoms with Crippen molar-refractivity contribution in [2.75, 3.05) is 13.2 Å². The zero-order chi connectivity index (χ0) is 16.1. The van der Waals surface area contributed by atoms with Gasteiger partial charge in [-0.2, -0.15) is 0 Å². The Morgan fingerprint density at radius 3 is 2.87 bits per heavy atom. The maximum atomic E-state index is 10.1. The molecule has 4 nitrogen and oxygen atoms in total. The molecule has 5 heteroatoms. The maximum absolute atomic E-state index is 10.1. The van der Waals surface area contributed by atoms with Gasteiger partial charge in [0.1, 0.15) is 18.5 Å². The van der Waals surface area contributed by atoms with E-state index in [2.05, 4.69) is 22.4 Å². The summed E-state index contributed by atoms with van der Waals surface area (Å²) in [6.07, 6.45) is -0.561. The average molecular weight is 328 g/mol. The predicted molar refractivity (Wildman–Crippen MR) is 94.0 cm³/mol. The first-order valence-electron chi connectivity index (χ1n) is 7.63. The highest BCUT2D eigenvalue weighted by Crippen LogP contribution is 2.25. The lowest BCUT2D eigenvalue weighted by Gasteiger charge is -2.14. The first-order chi connectivity index (χ1) is 11.2. The Morgan fingerprint density at radius 2 is 2.04 bits per heavy atom. The number of thiazole rings is 1. The van der Waals surface area contributed by atoms with Crippen LogP contribution in [-0.2, 0) is 6.54 Å². The van der Waals surface area contributed by atoms with Gasteiger partial charge < -0.3 is 15.2 Å². The molecule has 0 radical (unpaired) electrons. The van der Waals surface area contributed by atoms with Crippen LogP contribution >= 0.6 is 11.3 Å². The van der Waals surface area contributed by atoms with Crippen LogP contribution in [0.1, 0.15) is 10.7 Å². The number of nitrogens with zero attached hydrogens (tertiary/aromatic N) is 1. The molecule has 0 fully saturated rings. The fourth-order valence-corrected chi connectivity index (χ4v) is 3.04. The molecule has 120 valence electrons. The van der Waals surface area contributed by atoms with Gasteiger partial charge in [0, 0.05) is 23.9 Å². The van der Waals surface area contributed by atoms with Crippen LogP contribution in [0.5, 0.6) is 5.75 Å². The minimum atomic E-state index is -0.561. The van der Waals surface area contributed by atoms with E-state index in [9.17, 15) is 5.11 Å². The molecular formula is C18H20N2O2S. The number of benzene rings is 2. The molecule has 1 atom stereocenters. The molecule has 2 N–H and O–H groups in total. The topological polar surface area (TPSA) is 54.4 Å². The van der Waals surface area contributed by atoms with Gasteiger partial charge in [-0.3, -0.25) is 0 Å². The van der Waals surface area contributed by atoms with Crippen molar-refractivity contribution in [3.63, 3.8) is 0 Å². The number of aliphatic hydroxyl groups is 1. The van der Waals surface area contributed by atoms with Gasteiger partial charge in [-0.05, 0) is 18.4 Å². The maximum Gasteiger partial charge on any atom is 0.127 e. The van der Waals surface area contributed by atoms with Crippen molar-refractivity contribution in [1.29, 1.82) is 0 Å². The van der Waals surface area contributed by atoms with Crippen LogP contribution in [0.25, 0.3) is 10.8 Å². The van der Waals surface area contributed by atoms with Gasteiger partial charge in [0.05, 0.1) is 10.7 Å². The molecular weight excluding hydrogens is 308 g/mol. The summed E-state index contributed by atoms with van der Waals surface area (Å²) in [5, 5.41) is 18.5. The smallest absolute Gasteiger partial charge is 0.127 e. The Bertz CT molecular complexity index is 767. The highest BCUT2D eigenvalue weighted by molar-refractivity contribution is 7.09. The van der Waals surface area contributed by atoms with Gasteiger partial charge in [0.25, 0.3) is 0 Å². The lowest BCUT2D eigenvalue weighted by Crippen LogP contribution is -2.31. The van der Waals surface area contributed by atoms with Crippen LogP contribution in [-0.4, -0.2) is 29.3 Å². The van der Waals surface area contributed by atoms with Gasteiger partial charge in [-0.25, -0.2) is 4.98 Å². The largest absolute Gasteiger partial charge is 0.490 e. The van der Waals surface area contributed by atoms with Crippen LogP contribution in [0.2, 0.25) is 0 Å². The second kappa shape index (κ2) is 7.55. The quantitative estimate of drug-likeness (QED) is 0.700. The minimum Gasteiger partial charge on any atom is -0.490 e. The van der Waals surface area contributed by atoms with Gasteiger partial charge in [0.2, 0.25) is 0 Å². The summed E-state index contributed by atoms with van der Waals surface area (Å²) in [5.41, 5.74) is 1.01. The number of aromatic nitrogens is 1. The third-order valence-corrected chi connectivity index (χ3v) is 4.36. The highest BCUT2D eigenvalue weighted by atomic mass is 32.1. The van der Waals surface area contributed by atoms with E-state index in [1.54, 1.807) is 11.3 Å². The summed E-state index contributed by atoms with van der Waals surface area (Å²) in [7, 11) is 0. The first kappa shape index (κ1) is 15.9. The van der Waals surface area contributed by atoms with Crippen molar-refractivity contribution in [3.8, 4) is 5.75 Å². The number of aryl methyl sites for hydroxylation is 1. The first-order valence-corrected chi connectivity index (χ1v) is 8.50. The normalized spacial score (nSPS) is 12.4. The van der Waals surface area contributed by atoms with Crippen LogP contribution in [0.3, 0.4) is 0 Å². The summed E-state index contributed by atoms with van der Waals surface area (Å²) in [6, 6.07) is 14.0. The predicted octanol–water partition coefficient (Wildman–Crippen LogP) is 3.13. The Morgan fingerprint density at radius 1 is 1.22 bits per heavy atom. The number of nitrogens with one attached hydrogen (secondary N) is 1. The lowest BCUT2D eigenvalue weighted by atomic mass is 10.1. The molecule has 0 saturated heterocycles. The van der Waals surface area contributed by atoms with Crippen LogP contribution in [0, 0.1) is 6.92 Å². The molecule has 23 heavy (non-hydrogen) atoms. The van der Waals surface area contributed by atoms with Crippen molar-refractivity contribution in [1.82, 2.24) is 10.3 Å². The van der Waals surface area contributed by atoms with E-state index in [4.69, 9.17) is 4.74 Å². The van der Waals surface area contributed by atoms with Gasteiger partial charge in [0.15, 0.2) is 0 Å².